The highest BCUT2D eigenvalue weighted by molar-refractivity contribution is 7.86. The maximum Gasteiger partial charge on any atom is 0.321 e. The summed E-state index contributed by atoms with van der Waals surface area (Å²) in [4.78, 5) is 22.9. The Morgan fingerprint density at radius 3 is 1.89 bits per heavy atom. The van der Waals surface area contributed by atoms with E-state index in [1.54, 1.807) is 0 Å². The van der Waals surface area contributed by atoms with Crippen molar-refractivity contribution in [3.8, 4) is 0 Å². The van der Waals surface area contributed by atoms with Crippen LogP contribution in [0.25, 0.3) is 0 Å². The molecule has 0 aromatic carbocycles. The average molecular weight is 297 g/mol. The lowest BCUT2D eigenvalue weighted by Gasteiger charge is -2.22. The molecule has 0 saturated heterocycles. The molecule has 2 N–H and O–H groups in total. The van der Waals surface area contributed by atoms with Crippen LogP contribution in [-0.2, 0) is 33.4 Å². The summed E-state index contributed by atoms with van der Waals surface area (Å²) in [6, 6.07) is -0.975. The van der Waals surface area contributed by atoms with Crippen LogP contribution >= 0.6 is 0 Å². The van der Waals surface area contributed by atoms with E-state index < -0.39 is 40.1 Å². The molecule has 0 radical (unpaired) electrons. The Morgan fingerprint density at radius 2 is 1.58 bits per heavy atom. The molecule has 0 aliphatic heterocycles. The second kappa shape index (κ2) is 7.41. The van der Waals surface area contributed by atoms with Crippen LogP contribution in [0.15, 0.2) is 0 Å². The van der Waals surface area contributed by atoms with Gasteiger partial charge in [0.25, 0.3) is 10.1 Å². The predicted octanol–water partition coefficient (Wildman–Crippen LogP) is -0.969. The molecule has 19 heavy (non-hydrogen) atoms. The molecular formula is C10H19NO7S. The molecule has 0 fully saturated rings. The Kier molecular flexibility index (Phi) is 6.95. The number of methoxy groups -OCH3 is 2. The van der Waals surface area contributed by atoms with Crippen molar-refractivity contribution in [3.63, 3.8) is 0 Å². The zero-order chi connectivity index (χ0) is 15.2. The van der Waals surface area contributed by atoms with Crippen molar-refractivity contribution < 1.29 is 31.7 Å². The van der Waals surface area contributed by atoms with E-state index in [4.69, 9.17) is 5.73 Å². The number of hydrogen-bond donors (Lipinski definition) is 1. The Labute approximate surface area is 112 Å². The van der Waals surface area contributed by atoms with Crippen LogP contribution in [0.4, 0.5) is 0 Å². The van der Waals surface area contributed by atoms with Crippen molar-refractivity contribution in [2.75, 3.05) is 20.5 Å². The van der Waals surface area contributed by atoms with E-state index in [-0.39, 0.29) is 6.42 Å². The van der Waals surface area contributed by atoms with Gasteiger partial charge in [-0.1, -0.05) is 0 Å². The normalized spacial score (nSPS) is 14.8. The van der Waals surface area contributed by atoms with Crippen molar-refractivity contribution >= 4 is 22.1 Å². The number of ether oxygens (including phenoxy) is 2. The minimum Gasteiger partial charge on any atom is -0.468 e. The zero-order valence-corrected chi connectivity index (χ0v) is 12.1. The molecule has 9 heteroatoms. The Hall–Kier alpha value is -1.19. The van der Waals surface area contributed by atoms with Crippen molar-refractivity contribution in [2.45, 2.75) is 25.5 Å². The molecule has 0 bridgehead atoms. The first-order valence-electron chi connectivity index (χ1n) is 5.41. The number of hydrogen-bond acceptors (Lipinski definition) is 8. The van der Waals surface area contributed by atoms with Gasteiger partial charge in [0.2, 0.25) is 0 Å². The molecular weight excluding hydrogens is 278 g/mol. The van der Waals surface area contributed by atoms with Crippen LogP contribution in [-0.4, -0.2) is 53.0 Å². The maximum absolute atomic E-state index is 11.5. The Morgan fingerprint density at radius 1 is 1.16 bits per heavy atom. The summed E-state index contributed by atoms with van der Waals surface area (Å²) in [7, 11) is -1.41. The topological polar surface area (TPSA) is 122 Å². The summed E-state index contributed by atoms with van der Waals surface area (Å²) in [5, 5.41) is 0. The molecule has 0 heterocycles. The van der Waals surface area contributed by atoms with E-state index >= 15 is 0 Å². The van der Waals surface area contributed by atoms with Gasteiger partial charge < -0.3 is 15.2 Å². The quantitative estimate of drug-likeness (QED) is 0.362. The lowest BCUT2D eigenvalue weighted by molar-refractivity contribution is -0.160. The number of carbonyl (C=O) groups excluding carboxylic acids is 2. The molecule has 0 spiro atoms. The van der Waals surface area contributed by atoms with Gasteiger partial charge in [0.05, 0.1) is 26.6 Å². The highest BCUT2D eigenvalue weighted by atomic mass is 32.2. The highest BCUT2D eigenvalue weighted by Crippen LogP contribution is 2.14. The summed E-state index contributed by atoms with van der Waals surface area (Å²) >= 11 is 0. The van der Waals surface area contributed by atoms with Crippen molar-refractivity contribution in [1.82, 2.24) is 0 Å². The summed E-state index contributed by atoms with van der Waals surface area (Å²) in [6.07, 6.45) is 0.0940. The fourth-order valence-electron chi connectivity index (χ4n) is 1.56. The van der Waals surface area contributed by atoms with Gasteiger partial charge in [-0.3, -0.25) is 13.8 Å². The third kappa shape index (κ3) is 6.50. The second-order valence-corrected chi connectivity index (χ2v) is 5.64. The summed E-state index contributed by atoms with van der Waals surface area (Å²) in [6.45, 7) is 1.46. The Balaban J connectivity index is 4.78. The number of carbonyl (C=O) groups is 2. The third-order valence-corrected chi connectivity index (χ3v) is 2.96. The lowest BCUT2D eigenvalue weighted by atomic mass is 9.96. The largest absolute Gasteiger partial charge is 0.468 e. The minimum absolute atomic E-state index is 0.0259. The van der Waals surface area contributed by atoms with Crippen LogP contribution in [0, 0.1) is 5.92 Å². The van der Waals surface area contributed by atoms with Crippen LogP contribution in [0.2, 0.25) is 0 Å². The van der Waals surface area contributed by atoms with Gasteiger partial charge in [-0.15, -0.1) is 0 Å². The number of rotatable bonds is 7. The minimum atomic E-state index is -3.63. The second-order valence-electron chi connectivity index (χ2n) is 4.03. The predicted molar refractivity (Wildman–Crippen MR) is 65.5 cm³/mol. The molecule has 2 atom stereocenters. The monoisotopic (exact) mass is 297 g/mol. The lowest BCUT2D eigenvalue weighted by Crippen LogP contribution is -2.44. The third-order valence-electron chi connectivity index (χ3n) is 2.28. The van der Waals surface area contributed by atoms with Crippen LogP contribution in [0.5, 0.6) is 0 Å². The van der Waals surface area contributed by atoms with E-state index in [0.29, 0.717) is 0 Å². The maximum atomic E-state index is 11.5. The molecule has 0 saturated carbocycles. The van der Waals surface area contributed by atoms with Gasteiger partial charge in [-0.2, -0.15) is 8.42 Å². The fourth-order valence-corrected chi connectivity index (χ4v) is 2.23. The fraction of sp³-hybridized carbons (Fsp3) is 0.800. The van der Waals surface area contributed by atoms with E-state index in [2.05, 4.69) is 13.7 Å². The van der Waals surface area contributed by atoms with Crippen LogP contribution in [0.3, 0.4) is 0 Å². The molecule has 0 rings (SSSR count). The van der Waals surface area contributed by atoms with Gasteiger partial charge >= 0.3 is 11.9 Å². The summed E-state index contributed by atoms with van der Waals surface area (Å²) < 4.78 is 35.4. The van der Waals surface area contributed by atoms with E-state index in [0.717, 1.165) is 20.5 Å². The van der Waals surface area contributed by atoms with Crippen LogP contribution in [0.1, 0.15) is 13.3 Å². The van der Waals surface area contributed by atoms with Crippen molar-refractivity contribution in [1.29, 1.82) is 0 Å². The first-order valence-corrected chi connectivity index (χ1v) is 7.23. The van der Waals surface area contributed by atoms with E-state index in [1.165, 1.54) is 6.92 Å². The summed E-state index contributed by atoms with van der Waals surface area (Å²) in [5.41, 5.74) is 5.71. The molecule has 0 aliphatic rings. The molecule has 0 aromatic heterocycles. The smallest absolute Gasteiger partial charge is 0.321 e. The van der Waals surface area contributed by atoms with E-state index in [1.807, 2.05) is 0 Å². The molecule has 0 amide bonds. The average Bonchev–Trinajstić information content (AvgIpc) is 2.25. The first-order chi connectivity index (χ1) is 8.62. The van der Waals surface area contributed by atoms with Crippen molar-refractivity contribution in [3.05, 3.63) is 0 Å². The molecule has 0 aromatic rings. The SMILES string of the molecule is COC(=O)C(C(=O)OC)C(N)CC(C)OS(C)(=O)=O. The molecule has 8 nitrogen and oxygen atoms in total. The molecule has 0 aliphatic carbocycles. The molecule has 2 unspecified atom stereocenters. The van der Waals surface area contributed by atoms with Gasteiger partial charge in [0, 0.05) is 6.04 Å². The first kappa shape index (κ1) is 17.8. The standard InChI is InChI=1S/C10H19NO7S/c1-6(18-19(4,14)15)5-7(11)8(9(12)16-2)10(13)17-3/h6-8H,5,11H2,1-4H3. The van der Waals surface area contributed by atoms with Crippen molar-refractivity contribution in [2.24, 2.45) is 11.7 Å². The van der Waals surface area contributed by atoms with E-state index in [9.17, 15) is 18.0 Å². The number of nitrogens with two attached hydrogens (primary N) is 1. The van der Waals surface area contributed by atoms with Crippen LogP contribution < -0.4 is 5.73 Å². The van der Waals surface area contributed by atoms with Gasteiger partial charge in [0.1, 0.15) is 0 Å². The van der Waals surface area contributed by atoms with Gasteiger partial charge in [0.15, 0.2) is 5.92 Å². The van der Waals surface area contributed by atoms with Gasteiger partial charge in [-0.05, 0) is 13.3 Å². The summed E-state index contributed by atoms with van der Waals surface area (Å²) in [5.74, 6) is -3.00. The molecule has 112 valence electrons. The highest BCUT2D eigenvalue weighted by Gasteiger charge is 2.36. The zero-order valence-electron chi connectivity index (χ0n) is 11.3. The van der Waals surface area contributed by atoms with Gasteiger partial charge in [-0.25, -0.2) is 0 Å². The number of esters is 2. The Bertz CT molecular complexity index is 404.